The van der Waals surface area contributed by atoms with Gasteiger partial charge in [-0.1, -0.05) is 30.3 Å². The van der Waals surface area contributed by atoms with E-state index in [9.17, 15) is 0 Å². The molecule has 0 saturated carbocycles. The molecule has 3 aromatic rings. The molecule has 0 amide bonds. The van der Waals surface area contributed by atoms with Crippen molar-refractivity contribution in [3.05, 3.63) is 60.3 Å². The van der Waals surface area contributed by atoms with E-state index < -0.39 is 0 Å². The molecule has 20 heavy (non-hydrogen) atoms. The van der Waals surface area contributed by atoms with Crippen molar-refractivity contribution in [2.24, 2.45) is 0 Å². The highest BCUT2D eigenvalue weighted by molar-refractivity contribution is 5.90. The number of anilines is 1. The molecule has 3 nitrogen and oxygen atoms in total. The van der Waals surface area contributed by atoms with Crippen LogP contribution in [0.2, 0.25) is 0 Å². The number of benzene rings is 2. The summed E-state index contributed by atoms with van der Waals surface area (Å²) in [4.78, 5) is 0. The van der Waals surface area contributed by atoms with Crippen LogP contribution in [0.1, 0.15) is 11.5 Å². The molecule has 1 unspecified atom stereocenters. The SMILES string of the molecule is Nc1cccc2ccn(CC3COc4ccccc43)c12. The van der Waals surface area contributed by atoms with Crippen molar-refractivity contribution in [3.8, 4) is 5.75 Å². The lowest BCUT2D eigenvalue weighted by Gasteiger charge is -2.12. The molecule has 1 aliphatic heterocycles. The predicted molar refractivity (Wildman–Crippen MR) is 81.0 cm³/mol. The van der Waals surface area contributed by atoms with E-state index in [1.807, 2.05) is 24.3 Å². The summed E-state index contributed by atoms with van der Waals surface area (Å²) in [7, 11) is 0. The maximum absolute atomic E-state index is 6.12. The minimum Gasteiger partial charge on any atom is -0.493 e. The first-order chi connectivity index (χ1) is 9.83. The molecule has 4 rings (SSSR count). The Hall–Kier alpha value is -2.42. The molecule has 0 spiro atoms. The van der Waals surface area contributed by atoms with E-state index in [-0.39, 0.29) is 0 Å². The molecule has 100 valence electrons. The first kappa shape index (κ1) is 11.4. The second-order valence-electron chi connectivity index (χ2n) is 5.30. The Morgan fingerprint density at radius 1 is 1.10 bits per heavy atom. The second-order valence-corrected chi connectivity index (χ2v) is 5.30. The highest BCUT2D eigenvalue weighted by Crippen LogP contribution is 2.35. The lowest BCUT2D eigenvalue weighted by Crippen LogP contribution is -2.10. The van der Waals surface area contributed by atoms with Crippen LogP contribution < -0.4 is 10.5 Å². The number of hydrogen-bond acceptors (Lipinski definition) is 2. The van der Waals surface area contributed by atoms with Gasteiger partial charge in [-0.3, -0.25) is 0 Å². The van der Waals surface area contributed by atoms with E-state index in [1.165, 1.54) is 10.9 Å². The Balaban J connectivity index is 1.73. The topological polar surface area (TPSA) is 40.2 Å². The maximum Gasteiger partial charge on any atom is 0.122 e. The van der Waals surface area contributed by atoms with E-state index in [2.05, 4.69) is 35.0 Å². The van der Waals surface area contributed by atoms with Crippen molar-refractivity contribution in [1.29, 1.82) is 0 Å². The largest absolute Gasteiger partial charge is 0.493 e. The van der Waals surface area contributed by atoms with Gasteiger partial charge in [-0.25, -0.2) is 0 Å². The summed E-state index contributed by atoms with van der Waals surface area (Å²) in [5.41, 5.74) is 9.37. The Morgan fingerprint density at radius 3 is 2.95 bits per heavy atom. The van der Waals surface area contributed by atoms with Crippen LogP contribution in [-0.4, -0.2) is 11.2 Å². The van der Waals surface area contributed by atoms with E-state index in [4.69, 9.17) is 10.5 Å². The Bertz CT molecular complexity index is 776. The highest BCUT2D eigenvalue weighted by Gasteiger charge is 2.24. The van der Waals surface area contributed by atoms with Crippen LogP contribution >= 0.6 is 0 Å². The number of ether oxygens (including phenoxy) is 1. The Labute approximate surface area is 117 Å². The molecule has 0 radical (unpaired) electrons. The van der Waals surface area contributed by atoms with Gasteiger partial charge in [0, 0.05) is 29.6 Å². The molecule has 1 aromatic heterocycles. The summed E-state index contributed by atoms with van der Waals surface area (Å²) in [6.45, 7) is 1.64. The van der Waals surface area contributed by atoms with Crippen LogP contribution in [0.25, 0.3) is 10.9 Å². The smallest absolute Gasteiger partial charge is 0.122 e. The summed E-state index contributed by atoms with van der Waals surface area (Å²) in [6, 6.07) is 16.5. The van der Waals surface area contributed by atoms with Gasteiger partial charge in [-0.15, -0.1) is 0 Å². The quantitative estimate of drug-likeness (QED) is 0.721. The number of rotatable bonds is 2. The van der Waals surface area contributed by atoms with Crippen LogP contribution in [0.5, 0.6) is 5.75 Å². The number of fused-ring (bicyclic) bond motifs is 2. The Kier molecular flexibility index (Phi) is 2.46. The molecule has 3 heteroatoms. The van der Waals surface area contributed by atoms with Crippen molar-refractivity contribution in [2.45, 2.75) is 12.5 Å². The van der Waals surface area contributed by atoms with Gasteiger partial charge in [0.25, 0.3) is 0 Å². The van der Waals surface area contributed by atoms with Gasteiger partial charge in [-0.2, -0.15) is 0 Å². The zero-order valence-electron chi connectivity index (χ0n) is 11.1. The average Bonchev–Trinajstić information content (AvgIpc) is 3.06. The van der Waals surface area contributed by atoms with Crippen molar-refractivity contribution in [3.63, 3.8) is 0 Å². The van der Waals surface area contributed by atoms with Crippen LogP contribution in [0.15, 0.2) is 54.7 Å². The molecule has 2 aromatic carbocycles. The standard InChI is InChI=1S/C17H16N2O/c18-15-6-3-4-12-8-9-19(17(12)15)10-13-11-20-16-7-2-1-5-14(13)16/h1-9,13H,10-11,18H2. The van der Waals surface area contributed by atoms with Crippen LogP contribution in [0.3, 0.4) is 0 Å². The summed E-state index contributed by atoms with van der Waals surface area (Å²) >= 11 is 0. The van der Waals surface area contributed by atoms with Gasteiger partial charge in [0.2, 0.25) is 0 Å². The monoisotopic (exact) mass is 264 g/mol. The molecular weight excluding hydrogens is 248 g/mol. The molecule has 0 fully saturated rings. The number of nitrogens with two attached hydrogens (primary N) is 1. The summed E-state index contributed by atoms with van der Waals surface area (Å²) in [5, 5.41) is 1.19. The number of nitrogens with zero attached hydrogens (tertiary/aromatic N) is 1. The number of hydrogen-bond donors (Lipinski definition) is 1. The van der Waals surface area contributed by atoms with Gasteiger partial charge in [0.05, 0.1) is 17.8 Å². The fourth-order valence-corrected chi connectivity index (χ4v) is 3.06. The lowest BCUT2D eigenvalue weighted by molar-refractivity contribution is 0.320. The van der Waals surface area contributed by atoms with E-state index in [1.54, 1.807) is 0 Å². The minimum atomic E-state index is 0.390. The average molecular weight is 264 g/mol. The predicted octanol–water partition coefficient (Wildman–Crippen LogP) is 3.40. The molecule has 0 bridgehead atoms. The van der Waals surface area contributed by atoms with Crippen molar-refractivity contribution < 1.29 is 4.74 Å². The second kappa shape index (κ2) is 4.30. The third kappa shape index (κ3) is 1.67. The Morgan fingerprint density at radius 2 is 2.00 bits per heavy atom. The fourth-order valence-electron chi connectivity index (χ4n) is 3.06. The highest BCUT2D eigenvalue weighted by atomic mass is 16.5. The van der Waals surface area contributed by atoms with Gasteiger partial charge in [0.15, 0.2) is 0 Å². The van der Waals surface area contributed by atoms with Crippen LogP contribution in [-0.2, 0) is 6.54 Å². The van der Waals surface area contributed by atoms with E-state index >= 15 is 0 Å². The lowest BCUT2D eigenvalue weighted by atomic mass is 10.0. The summed E-state index contributed by atoms with van der Waals surface area (Å²) < 4.78 is 7.99. The number of nitrogen functional groups attached to an aromatic ring is 1. The number of para-hydroxylation sites is 2. The molecular formula is C17H16N2O. The summed E-state index contributed by atoms with van der Waals surface area (Å²) in [5.74, 6) is 1.41. The molecule has 2 N–H and O–H groups in total. The maximum atomic E-state index is 6.12. The third-order valence-corrected chi connectivity index (χ3v) is 4.04. The van der Waals surface area contributed by atoms with Gasteiger partial charge < -0.3 is 15.0 Å². The molecule has 1 atom stereocenters. The van der Waals surface area contributed by atoms with Crippen molar-refractivity contribution >= 4 is 16.6 Å². The van der Waals surface area contributed by atoms with Gasteiger partial charge in [-0.05, 0) is 18.2 Å². The van der Waals surface area contributed by atoms with E-state index in [0.29, 0.717) is 5.92 Å². The summed E-state index contributed by atoms with van der Waals surface area (Å²) in [6.07, 6.45) is 2.11. The van der Waals surface area contributed by atoms with Crippen LogP contribution in [0.4, 0.5) is 5.69 Å². The van der Waals surface area contributed by atoms with E-state index in [0.717, 1.165) is 30.1 Å². The van der Waals surface area contributed by atoms with Gasteiger partial charge >= 0.3 is 0 Å². The first-order valence-electron chi connectivity index (χ1n) is 6.88. The fraction of sp³-hybridized carbons (Fsp3) is 0.176. The first-order valence-corrected chi connectivity index (χ1v) is 6.88. The molecule has 2 heterocycles. The van der Waals surface area contributed by atoms with Crippen LogP contribution in [0, 0.1) is 0 Å². The normalized spacial score (nSPS) is 17.1. The third-order valence-electron chi connectivity index (χ3n) is 4.04. The van der Waals surface area contributed by atoms with Crippen molar-refractivity contribution in [1.82, 2.24) is 4.57 Å². The van der Waals surface area contributed by atoms with Gasteiger partial charge in [0.1, 0.15) is 5.75 Å². The zero-order chi connectivity index (χ0) is 13.5. The molecule has 0 aliphatic carbocycles. The molecule has 1 aliphatic rings. The number of aromatic nitrogens is 1. The molecule has 0 saturated heterocycles. The minimum absolute atomic E-state index is 0.390. The van der Waals surface area contributed by atoms with Crippen molar-refractivity contribution in [2.75, 3.05) is 12.3 Å². The zero-order valence-corrected chi connectivity index (χ0v) is 11.1.